The van der Waals surface area contributed by atoms with Gasteiger partial charge in [0.25, 0.3) is 0 Å². The molecule has 0 aromatic heterocycles. The maximum absolute atomic E-state index is 12.1. The number of aromatic hydroxyl groups is 1. The van der Waals surface area contributed by atoms with Crippen LogP contribution >= 0.6 is 0 Å². The first-order valence-corrected chi connectivity index (χ1v) is 6.62. The number of carbonyl (C=O) groups is 2. The molecule has 22 heavy (non-hydrogen) atoms. The molecule has 0 bridgehead atoms. The summed E-state index contributed by atoms with van der Waals surface area (Å²) in [4.78, 5) is 25.3. The molecule has 6 heteroatoms. The molecule has 0 radical (unpaired) electrons. The number of hydrogen-bond acceptors (Lipinski definition) is 4. The molecule has 114 valence electrons. The molecule has 0 saturated heterocycles. The van der Waals surface area contributed by atoms with E-state index in [1.165, 1.54) is 24.1 Å². The molecule has 4 N–H and O–H groups in total. The Labute approximate surface area is 128 Å². The van der Waals surface area contributed by atoms with Crippen molar-refractivity contribution in [3.63, 3.8) is 0 Å². The van der Waals surface area contributed by atoms with E-state index in [4.69, 9.17) is 5.73 Å². The molecule has 0 aliphatic carbocycles. The summed E-state index contributed by atoms with van der Waals surface area (Å²) in [6, 6.07) is 11.1. The Hall–Kier alpha value is -3.02. The Balaban J connectivity index is 2.11. The number of amides is 2. The van der Waals surface area contributed by atoms with Gasteiger partial charge in [-0.15, -0.1) is 0 Å². The van der Waals surface area contributed by atoms with Gasteiger partial charge in [0.15, 0.2) is 0 Å². The molecule has 2 aromatic carbocycles. The van der Waals surface area contributed by atoms with Gasteiger partial charge < -0.3 is 21.1 Å². The molecule has 2 aromatic rings. The Morgan fingerprint density at radius 3 is 2.36 bits per heavy atom. The van der Waals surface area contributed by atoms with Crippen molar-refractivity contribution in [2.75, 3.05) is 23.0 Å². The molecule has 0 aliphatic heterocycles. The molecule has 0 spiro atoms. The second-order valence-electron chi connectivity index (χ2n) is 4.93. The minimum atomic E-state index is -0.786. The Kier molecular flexibility index (Phi) is 4.31. The van der Waals surface area contributed by atoms with Crippen LogP contribution in [-0.2, 0) is 9.59 Å². The van der Waals surface area contributed by atoms with E-state index >= 15 is 0 Å². The van der Waals surface area contributed by atoms with Gasteiger partial charge in [-0.1, -0.05) is 6.07 Å². The smallest absolute Gasteiger partial charge is 0.316 e. The van der Waals surface area contributed by atoms with Crippen LogP contribution in [0.4, 0.5) is 17.1 Å². The summed E-state index contributed by atoms with van der Waals surface area (Å²) in [6.45, 7) is 1.88. The lowest BCUT2D eigenvalue weighted by molar-refractivity contribution is -0.134. The zero-order chi connectivity index (χ0) is 16.3. The summed E-state index contributed by atoms with van der Waals surface area (Å²) >= 11 is 0. The standard InChI is InChI=1S/C16H17N3O3/c1-10-3-8-14(13(17)9-10)18-15(21)16(22)19(2)11-4-6-12(20)7-5-11/h3-9,20H,17H2,1-2H3,(H,18,21). The molecule has 6 nitrogen and oxygen atoms in total. The molecular weight excluding hydrogens is 282 g/mol. The number of hydrogen-bond donors (Lipinski definition) is 3. The molecule has 0 heterocycles. The van der Waals surface area contributed by atoms with Gasteiger partial charge in [-0.3, -0.25) is 9.59 Å². The van der Waals surface area contributed by atoms with E-state index in [9.17, 15) is 14.7 Å². The lowest BCUT2D eigenvalue weighted by Gasteiger charge is -2.17. The lowest BCUT2D eigenvalue weighted by Crippen LogP contribution is -2.37. The van der Waals surface area contributed by atoms with E-state index in [2.05, 4.69) is 5.32 Å². The van der Waals surface area contributed by atoms with E-state index < -0.39 is 11.8 Å². The molecular formula is C16H17N3O3. The summed E-state index contributed by atoms with van der Waals surface area (Å²) in [6.07, 6.45) is 0. The van der Waals surface area contributed by atoms with Crippen LogP contribution in [0.2, 0.25) is 0 Å². The molecule has 0 fully saturated rings. The van der Waals surface area contributed by atoms with Gasteiger partial charge >= 0.3 is 11.8 Å². The maximum atomic E-state index is 12.1. The van der Waals surface area contributed by atoms with Crippen LogP contribution in [0.5, 0.6) is 5.75 Å². The van der Waals surface area contributed by atoms with Gasteiger partial charge in [0, 0.05) is 12.7 Å². The van der Waals surface area contributed by atoms with Crippen molar-refractivity contribution in [3.05, 3.63) is 48.0 Å². The molecule has 0 unspecified atom stereocenters. The van der Waals surface area contributed by atoms with E-state index in [1.807, 2.05) is 6.92 Å². The summed E-state index contributed by atoms with van der Waals surface area (Å²) in [7, 11) is 1.48. The van der Waals surface area contributed by atoms with Crippen LogP contribution in [0.25, 0.3) is 0 Å². The second kappa shape index (κ2) is 6.17. The van der Waals surface area contributed by atoms with Crippen LogP contribution in [0.3, 0.4) is 0 Å². The number of anilines is 3. The van der Waals surface area contributed by atoms with Gasteiger partial charge in [0.1, 0.15) is 5.75 Å². The number of likely N-dealkylation sites (N-methyl/N-ethyl adjacent to an activating group) is 1. The summed E-state index contributed by atoms with van der Waals surface area (Å²) < 4.78 is 0. The third-order valence-corrected chi connectivity index (χ3v) is 3.19. The van der Waals surface area contributed by atoms with Crippen LogP contribution in [0.15, 0.2) is 42.5 Å². The van der Waals surface area contributed by atoms with Crippen LogP contribution in [0, 0.1) is 6.92 Å². The molecule has 2 rings (SSSR count). The van der Waals surface area contributed by atoms with Crippen molar-refractivity contribution in [1.82, 2.24) is 0 Å². The quantitative estimate of drug-likeness (QED) is 0.583. The summed E-state index contributed by atoms with van der Waals surface area (Å²) in [5, 5.41) is 11.7. The number of carbonyl (C=O) groups excluding carboxylic acids is 2. The number of rotatable bonds is 2. The van der Waals surface area contributed by atoms with Gasteiger partial charge in [0.05, 0.1) is 11.4 Å². The molecule has 2 amide bonds. The van der Waals surface area contributed by atoms with E-state index in [0.717, 1.165) is 5.56 Å². The Morgan fingerprint density at radius 2 is 1.77 bits per heavy atom. The summed E-state index contributed by atoms with van der Waals surface area (Å²) in [5.74, 6) is -1.43. The minimum absolute atomic E-state index is 0.0847. The van der Waals surface area contributed by atoms with Crippen molar-refractivity contribution < 1.29 is 14.7 Å². The highest BCUT2D eigenvalue weighted by Crippen LogP contribution is 2.20. The zero-order valence-electron chi connectivity index (χ0n) is 12.3. The van der Waals surface area contributed by atoms with Crippen LogP contribution in [-0.4, -0.2) is 24.0 Å². The van der Waals surface area contributed by atoms with Crippen molar-refractivity contribution in [2.45, 2.75) is 6.92 Å². The number of benzene rings is 2. The highest BCUT2D eigenvalue weighted by atomic mass is 16.3. The first-order chi connectivity index (χ1) is 10.4. The van der Waals surface area contributed by atoms with Gasteiger partial charge in [-0.2, -0.15) is 0 Å². The minimum Gasteiger partial charge on any atom is -0.508 e. The maximum Gasteiger partial charge on any atom is 0.316 e. The fourth-order valence-corrected chi connectivity index (χ4v) is 1.92. The fourth-order valence-electron chi connectivity index (χ4n) is 1.92. The van der Waals surface area contributed by atoms with Gasteiger partial charge in [-0.25, -0.2) is 0 Å². The van der Waals surface area contributed by atoms with Crippen LogP contribution < -0.4 is 16.0 Å². The first-order valence-electron chi connectivity index (χ1n) is 6.62. The topological polar surface area (TPSA) is 95.7 Å². The molecule has 0 atom stereocenters. The highest BCUT2D eigenvalue weighted by molar-refractivity contribution is 6.44. The lowest BCUT2D eigenvalue weighted by atomic mass is 10.2. The predicted molar refractivity (Wildman–Crippen MR) is 85.7 cm³/mol. The number of aryl methyl sites for hydroxylation is 1. The summed E-state index contributed by atoms with van der Waals surface area (Å²) in [5.41, 5.74) is 8.05. The van der Waals surface area contributed by atoms with E-state index in [0.29, 0.717) is 17.1 Å². The number of nitrogens with one attached hydrogen (secondary N) is 1. The normalized spacial score (nSPS) is 10.1. The Morgan fingerprint density at radius 1 is 1.14 bits per heavy atom. The largest absolute Gasteiger partial charge is 0.508 e. The third kappa shape index (κ3) is 3.35. The Bertz CT molecular complexity index is 711. The van der Waals surface area contributed by atoms with Gasteiger partial charge in [-0.05, 0) is 48.9 Å². The fraction of sp³-hybridized carbons (Fsp3) is 0.125. The van der Waals surface area contributed by atoms with Crippen LogP contribution in [0.1, 0.15) is 5.56 Å². The van der Waals surface area contributed by atoms with E-state index in [1.54, 1.807) is 30.3 Å². The number of nitrogens with zero attached hydrogens (tertiary/aromatic N) is 1. The SMILES string of the molecule is Cc1ccc(NC(=O)C(=O)N(C)c2ccc(O)cc2)c(N)c1. The first kappa shape index (κ1) is 15.4. The number of phenolic OH excluding ortho intramolecular Hbond substituents is 1. The van der Waals surface area contributed by atoms with Crippen molar-refractivity contribution >= 4 is 28.9 Å². The van der Waals surface area contributed by atoms with Gasteiger partial charge in [0.2, 0.25) is 0 Å². The monoisotopic (exact) mass is 299 g/mol. The molecule has 0 saturated carbocycles. The van der Waals surface area contributed by atoms with Crippen molar-refractivity contribution in [3.8, 4) is 5.75 Å². The number of nitrogen functional groups attached to an aromatic ring is 1. The average molecular weight is 299 g/mol. The second-order valence-corrected chi connectivity index (χ2v) is 4.93. The number of phenols is 1. The third-order valence-electron chi connectivity index (χ3n) is 3.19. The van der Waals surface area contributed by atoms with Crippen molar-refractivity contribution in [2.24, 2.45) is 0 Å². The van der Waals surface area contributed by atoms with Crippen molar-refractivity contribution in [1.29, 1.82) is 0 Å². The average Bonchev–Trinajstić information content (AvgIpc) is 2.49. The number of nitrogens with two attached hydrogens (primary N) is 1. The molecule has 0 aliphatic rings. The van der Waals surface area contributed by atoms with E-state index in [-0.39, 0.29) is 5.75 Å². The highest BCUT2D eigenvalue weighted by Gasteiger charge is 2.20. The predicted octanol–water partition coefficient (Wildman–Crippen LogP) is 1.88. The zero-order valence-corrected chi connectivity index (χ0v) is 12.3.